The third kappa shape index (κ3) is 3.97. The van der Waals surface area contributed by atoms with Gasteiger partial charge in [0.25, 0.3) is 0 Å². The number of rotatable bonds is 7. The molecule has 0 aliphatic carbocycles. The van der Waals surface area contributed by atoms with E-state index in [1.807, 2.05) is 32.0 Å². The van der Waals surface area contributed by atoms with Crippen LogP contribution < -0.4 is 11.1 Å². The van der Waals surface area contributed by atoms with Gasteiger partial charge in [-0.05, 0) is 40.9 Å². The number of hydrogen-bond donors (Lipinski definition) is 3. The molecule has 0 fully saturated rings. The summed E-state index contributed by atoms with van der Waals surface area (Å²) < 4.78 is 0.791. The van der Waals surface area contributed by atoms with E-state index in [-0.39, 0.29) is 11.7 Å². The molecule has 116 valence electrons. The largest absolute Gasteiger partial charge is 0.409 e. The molecule has 0 bridgehead atoms. The number of halogens is 1. The van der Waals surface area contributed by atoms with Gasteiger partial charge in [0.15, 0.2) is 5.84 Å². The maximum atomic E-state index is 12.8. The Bertz CT molecular complexity index is 511. The summed E-state index contributed by atoms with van der Waals surface area (Å²) in [4.78, 5) is 12.8. The topological polar surface area (TPSA) is 87.7 Å². The predicted molar refractivity (Wildman–Crippen MR) is 88.4 cm³/mol. The number of carbonyl (C=O) groups is 1. The van der Waals surface area contributed by atoms with E-state index >= 15 is 0 Å². The quantitative estimate of drug-likeness (QED) is 0.301. The molecule has 0 saturated carbocycles. The van der Waals surface area contributed by atoms with Gasteiger partial charge in [-0.2, -0.15) is 0 Å². The van der Waals surface area contributed by atoms with E-state index in [1.54, 1.807) is 6.07 Å². The molecule has 0 unspecified atom stereocenters. The van der Waals surface area contributed by atoms with Crippen molar-refractivity contribution in [1.82, 2.24) is 0 Å². The van der Waals surface area contributed by atoms with Crippen molar-refractivity contribution >= 4 is 33.4 Å². The summed E-state index contributed by atoms with van der Waals surface area (Å²) >= 11 is 3.40. The van der Waals surface area contributed by atoms with Crippen LogP contribution in [0.4, 0.5) is 5.69 Å². The zero-order chi connectivity index (χ0) is 15.9. The number of carbonyl (C=O) groups excluding carboxylic acids is 1. The molecule has 1 aromatic carbocycles. The maximum absolute atomic E-state index is 12.8. The van der Waals surface area contributed by atoms with E-state index in [1.165, 1.54) is 0 Å². The Kier molecular flexibility index (Phi) is 6.68. The van der Waals surface area contributed by atoms with Crippen LogP contribution in [0.2, 0.25) is 0 Å². The first-order valence-electron chi connectivity index (χ1n) is 7.05. The molecule has 0 heterocycles. The number of amidine groups is 1. The zero-order valence-corrected chi connectivity index (χ0v) is 14.0. The molecule has 4 N–H and O–H groups in total. The molecule has 0 spiro atoms. The van der Waals surface area contributed by atoms with Crippen LogP contribution >= 0.6 is 15.9 Å². The number of anilines is 1. The average Bonchev–Trinajstić information content (AvgIpc) is 2.48. The number of oxime groups is 1. The van der Waals surface area contributed by atoms with Crippen molar-refractivity contribution in [1.29, 1.82) is 0 Å². The highest BCUT2D eigenvalue weighted by Gasteiger charge is 2.41. The molecule has 0 aliphatic rings. The zero-order valence-electron chi connectivity index (χ0n) is 12.4. The van der Waals surface area contributed by atoms with Gasteiger partial charge in [-0.1, -0.05) is 44.0 Å². The van der Waals surface area contributed by atoms with E-state index in [0.29, 0.717) is 18.5 Å². The highest BCUT2D eigenvalue weighted by Crippen LogP contribution is 2.33. The summed E-state index contributed by atoms with van der Waals surface area (Å²) in [6.07, 6.45) is 2.60. The second-order valence-corrected chi connectivity index (χ2v) is 5.86. The number of nitrogens with two attached hydrogens (primary N) is 1. The highest BCUT2D eigenvalue weighted by atomic mass is 79.9. The number of hydrogen-bond acceptors (Lipinski definition) is 3. The summed E-state index contributed by atoms with van der Waals surface area (Å²) in [6, 6.07) is 7.36. The summed E-state index contributed by atoms with van der Waals surface area (Å²) in [6.45, 7) is 3.95. The lowest BCUT2D eigenvalue weighted by Gasteiger charge is -2.30. The van der Waals surface area contributed by atoms with E-state index in [9.17, 15) is 4.79 Å². The van der Waals surface area contributed by atoms with Crippen LogP contribution in [0.5, 0.6) is 0 Å². The third-order valence-electron chi connectivity index (χ3n) is 3.51. The van der Waals surface area contributed by atoms with E-state index in [4.69, 9.17) is 10.9 Å². The molecule has 1 aromatic rings. The predicted octanol–water partition coefficient (Wildman–Crippen LogP) is 3.72. The monoisotopic (exact) mass is 355 g/mol. The van der Waals surface area contributed by atoms with E-state index in [2.05, 4.69) is 26.4 Å². The van der Waals surface area contributed by atoms with Crippen molar-refractivity contribution < 1.29 is 10.0 Å². The minimum Gasteiger partial charge on any atom is -0.409 e. The fraction of sp³-hybridized carbons (Fsp3) is 0.467. The number of benzene rings is 1. The second-order valence-electron chi connectivity index (χ2n) is 5.00. The Morgan fingerprint density at radius 3 is 2.38 bits per heavy atom. The van der Waals surface area contributed by atoms with Crippen LogP contribution in [0.1, 0.15) is 39.5 Å². The summed E-state index contributed by atoms with van der Waals surface area (Å²) in [5.41, 5.74) is 5.54. The molecule has 5 nitrogen and oxygen atoms in total. The number of nitrogens with one attached hydrogen (secondary N) is 1. The van der Waals surface area contributed by atoms with Crippen molar-refractivity contribution in [3.05, 3.63) is 28.7 Å². The number of nitrogens with zero attached hydrogens (tertiary/aromatic N) is 1. The van der Waals surface area contributed by atoms with Crippen molar-refractivity contribution in [2.45, 2.75) is 39.5 Å². The standard InChI is InChI=1S/C15H22BrN3O2/c1-3-9-15(10-4-2,13(17)19-21)14(20)18-12-8-6-5-7-11(12)16/h5-8,21H,3-4,9-10H2,1-2H3,(H2,17,19)(H,18,20). The minimum atomic E-state index is -0.979. The van der Waals surface area contributed by atoms with Gasteiger partial charge in [-0.25, -0.2) is 0 Å². The first-order valence-corrected chi connectivity index (χ1v) is 7.85. The summed E-state index contributed by atoms with van der Waals surface area (Å²) in [7, 11) is 0. The van der Waals surface area contributed by atoms with Crippen LogP contribution in [0.15, 0.2) is 33.9 Å². The molecule has 0 saturated heterocycles. The van der Waals surface area contributed by atoms with Crippen LogP contribution in [-0.2, 0) is 4.79 Å². The Morgan fingerprint density at radius 2 is 1.90 bits per heavy atom. The van der Waals surface area contributed by atoms with Gasteiger partial charge < -0.3 is 16.3 Å². The third-order valence-corrected chi connectivity index (χ3v) is 4.20. The Hall–Kier alpha value is -1.56. The number of para-hydroxylation sites is 1. The summed E-state index contributed by atoms with van der Waals surface area (Å²) in [5.74, 6) is -0.274. The fourth-order valence-electron chi connectivity index (χ4n) is 2.48. The van der Waals surface area contributed by atoms with Gasteiger partial charge >= 0.3 is 0 Å². The SMILES string of the molecule is CCCC(CCC)(C(=O)Nc1ccccc1Br)C(N)=NO. The van der Waals surface area contributed by atoms with Gasteiger partial charge in [-0.15, -0.1) is 0 Å². The van der Waals surface area contributed by atoms with Crippen molar-refractivity contribution in [2.75, 3.05) is 5.32 Å². The van der Waals surface area contributed by atoms with Crippen LogP contribution in [0, 0.1) is 5.41 Å². The number of amides is 1. The maximum Gasteiger partial charge on any atom is 0.238 e. The molecule has 1 amide bonds. The van der Waals surface area contributed by atoms with Gasteiger partial charge in [-0.3, -0.25) is 4.79 Å². The van der Waals surface area contributed by atoms with Gasteiger partial charge in [0, 0.05) is 4.47 Å². The Morgan fingerprint density at radius 1 is 1.33 bits per heavy atom. The molecule has 0 atom stereocenters. The molecular formula is C15H22BrN3O2. The first kappa shape index (κ1) is 17.5. The van der Waals surface area contributed by atoms with Crippen LogP contribution in [0.25, 0.3) is 0 Å². The molecule has 0 aromatic heterocycles. The lowest BCUT2D eigenvalue weighted by Crippen LogP contribution is -2.47. The second kappa shape index (κ2) is 8.02. The van der Waals surface area contributed by atoms with Crippen molar-refractivity contribution in [3.63, 3.8) is 0 Å². The molecule has 1 rings (SSSR count). The highest BCUT2D eigenvalue weighted by molar-refractivity contribution is 9.10. The molecule has 0 radical (unpaired) electrons. The van der Waals surface area contributed by atoms with E-state index < -0.39 is 5.41 Å². The van der Waals surface area contributed by atoms with Gasteiger partial charge in [0.05, 0.1) is 5.69 Å². The van der Waals surface area contributed by atoms with Crippen molar-refractivity contribution in [3.8, 4) is 0 Å². The molecule has 0 aliphatic heterocycles. The van der Waals surface area contributed by atoms with Gasteiger partial charge in [0.1, 0.15) is 5.41 Å². The summed E-state index contributed by atoms with van der Waals surface area (Å²) in [5, 5.41) is 15.1. The van der Waals surface area contributed by atoms with Gasteiger partial charge in [0.2, 0.25) is 5.91 Å². The van der Waals surface area contributed by atoms with Crippen molar-refractivity contribution in [2.24, 2.45) is 16.3 Å². The average molecular weight is 356 g/mol. The normalized spacial score (nSPS) is 12.2. The fourth-order valence-corrected chi connectivity index (χ4v) is 2.86. The first-order chi connectivity index (χ1) is 10.0. The Labute approximate surface area is 133 Å². The van der Waals surface area contributed by atoms with E-state index in [0.717, 1.165) is 17.3 Å². The smallest absolute Gasteiger partial charge is 0.238 e. The molecule has 6 heteroatoms. The Balaban J connectivity index is 3.13. The lowest BCUT2D eigenvalue weighted by atomic mass is 9.77. The lowest BCUT2D eigenvalue weighted by molar-refractivity contribution is -0.123. The van der Waals surface area contributed by atoms with Crippen LogP contribution in [0.3, 0.4) is 0 Å². The van der Waals surface area contributed by atoms with Crippen LogP contribution in [-0.4, -0.2) is 17.0 Å². The molecular weight excluding hydrogens is 334 g/mol. The molecule has 21 heavy (non-hydrogen) atoms. The minimum absolute atomic E-state index is 0.0317.